The van der Waals surface area contributed by atoms with Crippen LogP contribution < -0.4 is 10.1 Å². The third-order valence-corrected chi connectivity index (χ3v) is 8.30. The first-order chi connectivity index (χ1) is 19.0. The molecular weight excluding hydrogens is 502 g/mol. The summed E-state index contributed by atoms with van der Waals surface area (Å²) in [5, 5.41) is 15.3. The number of methoxy groups -OCH3 is 1. The van der Waals surface area contributed by atoms with Gasteiger partial charge in [0.15, 0.2) is 6.04 Å². The van der Waals surface area contributed by atoms with Crippen LogP contribution in [-0.4, -0.2) is 36.8 Å². The molecule has 0 spiro atoms. The van der Waals surface area contributed by atoms with Crippen LogP contribution in [0.2, 0.25) is 0 Å². The maximum atomic E-state index is 12.4. The van der Waals surface area contributed by atoms with E-state index < -0.39 is 18.1 Å². The van der Waals surface area contributed by atoms with Crippen LogP contribution in [0.1, 0.15) is 89.1 Å². The number of ether oxygens (including phenoxy) is 2. The van der Waals surface area contributed by atoms with Crippen molar-refractivity contribution < 1.29 is 24.2 Å². The summed E-state index contributed by atoms with van der Waals surface area (Å²) in [5.74, 6) is 0.276. The number of aliphatic hydroxyl groups is 1. The van der Waals surface area contributed by atoms with Crippen LogP contribution in [0, 0.1) is 12.3 Å². The van der Waals surface area contributed by atoms with Crippen LogP contribution in [0.4, 0.5) is 0 Å². The molecule has 1 amide bonds. The van der Waals surface area contributed by atoms with Gasteiger partial charge in [-0.15, -0.1) is 0 Å². The molecule has 3 unspecified atom stereocenters. The summed E-state index contributed by atoms with van der Waals surface area (Å²) in [5.41, 5.74) is 3.62. The summed E-state index contributed by atoms with van der Waals surface area (Å²) in [6.07, 6.45) is 2.16. The maximum absolute atomic E-state index is 12.4. The Morgan fingerprint density at radius 1 is 1.00 bits per heavy atom. The number of amides is 1. The number of hydrogen-bond acceptors (Lipinski definition) is 5. The Hall–Kier alpha value is -3.38. The average molecular weight is 548 g/mol. The maximum Gasteiger partial charge on any atom is 0.333 e. The molecular formula is C34H45NO5. The van der Waals surface area contributed by atoms with Gasteiger partial charge in [-0.05, 0) is 70.7 Å². The van der Waals surface area contributed by atoms with E-state index in [2.05, 4.69) is 50.4 Å². The number of aliphatic hydroxyl groups excluding tert-OH is 1. The Balaban J connectivity index is 2.05. The van der Waals surface area contributed by atoms with Gasteiger partial charge in [-0.3, -0.25) is 4.79 Å². The minimum absolute atomic E-state index is 0.231. The van der Waals surface area contributed by atoms with E-state index in [9.17, 15) is 14.7 Å². The van der Waals surface area contributed by atoms with Crippen molar-refractivity contribution in [2.24, 2.45) is 5.41 Å². The molecule has 3 aromatic rings. The number of carbonyl (C=O) groups excluding carboxylic acids is 2. The van der Waals surface area contributed by atoms with Gasteiger partial charge in [0, 0.05) is 5.41 Å². The normalized spacial score (nSPS) is 14.3. The third-order valence-electron chi connectivity index (χ3n) is 8.30. The summed E-state index contributed by atoms with van der Waals surface area (Å²) >= 11 is 0. The van der Waals surface area contributed by atoms with Crippen molar-refractivity contribution in [3.05, 3.63) is 76.9 Å². The van der Waals surface area contributed by atoms with Gasteiger partial charge in [0.25, 0.3) is 0 Å². The standard InChI is InChI=1S/C34H45NO5/c1-9-28(31(37)33(5,6)7)40-29-18-16-24(19-22(29)4)34(10-2,11-3)25-15-17-26-23(20-25)13-12-14-27(26)30(35-21-36)32(38)39-8/h12-21,28,30-31,37H,9-11H2,1-8H3,(H,35,36). The highest BCUT2D eigenvalue weighted by molar-refractivity contribution is 5.92. The second-order valence-corrected chi connectivity index (χ2v) is 11.7. The van der Waals surface area contributed by atoms with E-state index in [1.165, 1.54) is 18.2 Å². The van der Waals surface area contributed by atoms with Gasteiger partial charge in [-0.2, -0.15) is 0 Å². The lowest BCUT2D eigenvalue weighted by atomic mass is 9.70. The summed E-state index contributed by atoms with van der Waals surface area (Å²) in [7, 11) is 1.31. The van der Waals surface area contributed by atoms with Crippen molar-refractivity contribution in [2.45, 2.75) is 91.4 Å². The monoisotopic (exact) mass is 547 g/mol. The van der Waals surface area contributed by atoms with E-state index in [-0.39, 0.29) is 16.9 Å². The molecule has 0 saturated heterocycles. The molecule has 0 aliphatic heterocycles. The fraction of sp³-hybridized carbons (Fsp3) is 0.471. The van der Waals surface area contributed by atoms with Crippen LogP contribution in [0.15, 0.2) is 54.6 Å². The number of carbonyl (C=O) groups is 2. The van der Waals surface area contributed by atoms with E-state index in [0.29, 0.717) is 18.4 Å². The zero-order valence-electron chi connectivity index (χ0n) is 25.2. The average Bonchev–Trinajstić information content (AvgIpc) is 2.95. The molecule has 40 heavy (non-hydrogen) atoms. The molecule has 0 aromatic heterocycles. The molecule has 0 aliphatic carbocycles. The van der Waals surface area contributed by atoms with E-state index in [4.69, 9.17) is 9.47 Å². The van der Waals surface area contributed by atoms with Gasteiger partial charge < -0.3 is 19.9 Å². The topological polar surface area (TPSA) is 84.9 Å². The molecule has 216 valence electrons. The lowest BCUT2D eigenvalue weighted by molar-refractivity contribution is -0.144. The number of rotatable bonds is 12. The Morgan fingerprint density at radius 2 is 1.65 bits per heavy atom. The van der Waals surface area contributed by atoms with Crippen LogP contribution in [-0.2, 0) is 19.7 Å². The SMILES string of the molecule is CCC(Oc1ccc(C(CC)(CC)c2ccc3c(C(NC=O)C(=O)OC)cccc3c2)cc1C)C(O)C(C)(C)C. The van der Waals surface area contributed by atoms with Crippen LogP contribution >= 0.6 is 0 Å². The van der Waals surface area contributed by atoms with Gasteiger partial charge in [0.2, 0.25) is 6.41 Å². The summed E-state index contributed by atoms with van der Waals surface area (Å²) in [6.45, 7) is 14.6. The van der Waals surface area contributed by atoms with Crippen molar-refractivity contribution in [2.75, 3.05) is 7.11 Å². The highest BCUT2D eigenvalue weighted by atomic mass is 16.5. The largest absolute Gasteiger partial charge is 0.487 e. The van der Waals surface area contributed by atoms with E-state index >= 15 is 0 Å². The van der Waals surface area contributed by atoms with Gasteiger partial charge in [0.05, 0.1) is 13.2 Å². The molecule has 6 nitrogen and oxygen atoms in total. The highest BCUT2D eigenvalue weighted by Crippen LogP contribution is 2.42. The lowest BCUT2D eigenvalue weighted by Gasteiger charge is -2.35. The second-order valence-electron chi connectivity index (χ2n) is 11.7. The zero-order valence-corrected chi connectivity index (χ0v) is 25.2. The van der Waals surface area contributed by atoms with Crippen molar-refractivity contribution in [1.29, 1.82) is 0 Å². The van der Waals surface area contributed by atoms with Crippen LogP contribution in [0.3, 0.4) is 0 Å². The molecule has 0 aliphatic rings. The molecule has 0 bridgehead atoms. The third kappa shape index (κ3) is 6.17. The molecule has 3 atom stereocenters. The van der Waals surface area contributed by atoms with E-state index in [1.807, 2.05) is 58.0 Å². The molecule has 0 fully saturated rings. The minimum atomic E-state index is -0.877. The zero-order chi connectivity index (χ0) is 29.7. The summed E-state index contributed by atoms with van der Waals surface area (Å²) in [6, 6.07) is 17.6. The second kappa shape index (κ2) is 12.9. The quantitative estimate of drug-likeness (QED) is 0.193. The lowest BCUT2D eigenvalue weighted by Crippen LogP contribution is -2.41. The molecule has 0 radical (unpaired) electrons. The van der Waals surface area contributed by atoms with Crippen LogP contribution in [0.5, 0.6) is 5.75 Å². The Kier molecular flexibility index (Phi) is 10.0. The van der Waals surface area contributed by atoms with Crippen molar-refractivity contribution in [3.63, 3.8) is 0 Å². The van der Waals surface area contributed by atoms with Crippen molar-refractivity contribution in [1.82, 2.24) is 5.32 Å². The first-order valence-corrected chi connectivity index (χ1v) is 14.2. The minimum Gasteiger partial charge on any atom is -0.487 e. The fourth-order valence-electron chi connectivity index (χ4n) is 5.73. The number of benzene rings is 3. The first kappa shape index (κ1) is 31.2. The number of esters is 1. The predicted molar refractivity (Wildman–Crippen MR) is 161 cm³/mol. The number of fused-ring (bicyclic) bond motifs is 1. The highest BCUT2D eigenvalue weighted by Gasteiger charge is 2.34. The predicted octanol–water partition coefficient (Wildman–Crippen LogP) is 6.78. The van der Waals surface area contributed by atoms with Gasteiger partial charge in [-0.25, -0.2) is 4.79 Å². The number of aryl methyl sites for hydroxylation is 1. The summed E-state index contributed by atoms with van der Waals surface area (Å²) in [4.78, 5) is 23.6. The molecule has 0 heterocycles. The molecule has 0 saturated carbocycles. The van der Waals surface area contributed by atoms with Gasteiger partial charge in [0.1, 0.15) is 11.9 Å². The first-order valence-electron chi connectivity index (χ1n) is 14.2. The summed E-state index contributed by atoms with van der Waals surface area (Å²) < 4.78 is 11.3. The molecule has 6 heteroatoms. The van der Waals surface area contributed by atoms with Crippen molar-refractivity contribution in [3.8, 4) is 5.75 Å². The Labute approximate surface area is 239 Å². The molecule has 3 rings (SSSR count). The van der Waals surface area contributed by atoms with Gasteiger partial charge in [-0.1, -0.05) is 90.1 Å². The van der Waals surface area contributed by atoms with Gasteiger partial charge >= 0.3 is 5.97 Å². The molecule has 3 aromatic carbocycles. The number of hydrogen-bond donors (Lipinski definition) is 2. The van der Waals surface area contributed by atoms with Crippen molar-refractivity contribution >= 4 is 23.2 Å². The van der Waals surface area contributed by atoms with E-state index in [0.717, 1.165) is 34.9 Å². The Bertz CT molecular complexity index is 1320. The smallest absolute Gasteiger partial charge is 0.333 e. The van der Waals surface area contributed by atoms with E-state index in [1.54, 1.807) is 0 Å². The van der Waals surface area contributed by atoms with Crippen LogP contribution in [0.25, 0.3) is 10.8 Å². The number of nitrogens with one attached hydrogen (secondary N) is 1. The Morgan fingerprint density at radius 3 is 2.20 bits per heavy atom. The molecule has 2 N–H and O–H groups in total. The fourth-order valence-corrected chi connectivity index (χ4v) is 5.73.